The first kappa shape index (κ1) is 12.2. The third-order valence-electron chi connectivity index (χ3n) is 2.88. The van der Waals surface area contributed by atoms with Gasteiger partial charge in [0.25, 0.3) is 0 Å². The van der Waals surface area contributed by atoms with Gasteiger partial charge in [-0.25, -0.2) is 4.79 Å². The number of nitrogens with one attached hydrogen (secondary N) is 1. The van der Waals surface area contributed by atoms with Crippen LogP contribution in [0, 0.1) is 0 Å². The van der Waals surface area contributed by atoms with Crippen molar-refractivity contribution in [3.63, 3.8) is 0 Å². The van der Waals surface area contributed by atoms with Crippen LogP contribution in [-0.4, -0.2) is 48.4 Å². The van der Waals surface area contributed by atoms with Gasteiger partial charge in [-0.3, -0.25) is 4.79 Å². The zero-order valence-corrected chi connectivity index (χ0v) is 10.2. The summed E-state index contributed by atoms with van der Waals surface area (Å²) in [5, 5.41) is 2.72. The minimum atomic E-state index is -0.276. The molecule has 1 aliphatic heterocycles. The number of hydrogen-bond acceptors (Lipinski definition) is 3. The molecule has 0 unspecified atom stereocenters. The van der Waals surface area contributed by atoms with E-state index in [-0.39, 0.29) is 18.5 Å². The highest BCUT2D eigenvalue weighted by atomic mass is 16.2. The average Bonchev–Trinajstić information content (AvgIpc) is 2.32. The molecule has 0 saturated carbocycles. The second-order valence-electron chi connectivity index (χ2n) is 4.29. The van der Waals surface area contributed by atoms with Crippen LogP contribution in [0.2, 0.25) is 0 Å². The van der Waals surface area contributed by atoms with E-state index in [0.29, 0.717) is 24.5 Å². The number of likely N-dealkylation sites (N-methyl/N-ethyl adjacent to an activating group) is 1. The van der Waals surface area contributed by atoms with E-state index < -0.39 is 0 Å². The summed E-state index contributed by atoms with van der Waals surface area (Å²) in [5.74, 6) is -0.0519. The standard InChI is InChI=1S/C12H16N4O2/c1-15-5-6-16(8-11(15)17)12(18)14-10-4-2-3-9(13)7-10/h2-4,7H,5-6,8,13H2,1H3,(H,14,18). The van der Waals surface area contributed by atoms with Gasteiger partial charge in [-0.15, -0.1) is 0 Å². The summed E-state index contributed by atoms with van der Waals surface area (Å²) >= 11 is 0. The van der Waals surface area contributed by atoms with Gasteiger partial charge in [0, 0.05) is 31.5 Å². The molecule has 0 bridgehead atoms. The number of hydrogen-bond donors (Lipinski definition) is 2. The molecule has 6 heteroatoms. The van der Waals surface area contributed by atoms with Crippen LogP contribution in [0.3, 0.4) is 0 Å². The van der Waals surface area contributed by atoms with Crippen molar-refractivity contribution >= 4 is 23.3 Å². The van der Waals surface area contributed by atoms with Crippen LogP contribution in [0.1, 0.15) is 0 Å². The van der Waals surface area contributed by atoms with E-state index in [1.165, 1.54) is 4.90 Å². The Balaban J connectivity index is 1.98. The van der Waals surface area contributed by atoms with Crippen molar-refractivity contribution in [2.75, 3.05) is 37.7 Å². The highest BCUT2D eigenvalue weighted by molar-refractivity contribution is 5.93. The van der Waals surface area contributed by atoms with Crippen LogP contribution < -0.4 is 11.1 Å². The Morgan fingerprint density at radius 2 is 2.17 bits per heavy atom. The Bertz CT molecular complexity index is 475. The summed E-state index contributed by atoms with van der Waals surface area (Å²) in [5.41, 5.74) is 6.84. The molecule has 1 aliphatic rings. The quantitative estimate of drug-likeness (QED) is 0.713. The number of nitrogens with zero attached hydrogens (tertiary/aromatic N) is 2. The number of nitrogen functional groups attached to an aromatic ring is 1. The van der Waals surface area contributed by atoms with Crippen LogP contribution >= 0.6 is 0 Å². The van der Waals surface area contributed by atoms with Gasteiger partial charge < -0.3 is 20.9 Å². The topological polar surface area (TPSA) is 78.7 Å². The Kier molecular flexibility index (Phi) is 3.36. The number of carbonyl (C=O) groups is 2. The van der Waals surface area contributed by atoms with Crippen LogP contribution in [0.25, 0.3) is 0 Å². The highest BCUT2D eigenvalue weighted by Crippen LogP contribution is 2.13. The van der Waals surface area contributed by atoms with Crippen molar-refractivity contribution in [3.05, 3.63) is 24.3 Å². The zero-order valence-electron chi connectivity index (χ0n) is 10.2. The van der Waals surface area contributed by atoms with Gasteiger partial charge in [-0.05, 0) is 18.2 Å². The van der Waals surface area contributed by atoms with E-state index >= 15 is 0 Å². The van der Waals surface area contributed by atoms with Crippen LogP contribution in [0.15, 0.2) is 24.3 Å². The van der Waals surface area contributed by atoms with Gasteiger partial charge in [0.2, 0.25) is 5.91 Å². The number of rotatable bonds is 1. The molecule has 1 fully saturated rings. The summed E-state index contributed by atoms with van der Waals surface area (Å²) < 4.78 is 0. The van der Waals surface area contributed by atoms with Crippen LogP contribution in [0.4, 0.5) is 16.2 Å². The predicted octanol–water partition coefficient (Wildman–Crippen LogP) is 0.575. The molecule has 2 rings (SSSR count). The van der Waals surface area contributed by atoms with Gasteiger partial charge in [0.15, 0.2) is 0 Å². The van der Waals surface area contributed by atoms with Crippen LogP contribution in [-0.2, 0) is 4.79 Å². The van der Waals surface area contributed by atoms with Gasteiger partial charge in [-0.2, -0.15) is 0 Å². The molecule has 0 spiro atoms. The van der Waals surface area contributed by atoms with E-state index in [9.17, 15) is 9.59 Å². The molecule has 1 aromatic carbocycles. The number of carbonyl (C=O) groups excluding carboxylic acids is 2. The monoisotopic (exact) mass is 248 g/mol. The van der Waals surface area contributed by atoms with E-state index in [4.69, 9.17) is 5.73 Å². The summed E-state index contributed by atoms with van der Waals surface area (Å²) in [7, 11) is 1.73. The lowest BCUT2D eigenvalue weighted by atomic mass is 10.3. The fourth-order valence-corrected chi connectivity index (χ4v) is 1.75. The lowest BCUT2D eigenvalue weighted by molar-refractivity contribution is -0.133. The zero-order chi connectivity index (χ0) is 13.1. The first-order chi connectivity index (χ1) is 8.56. The molecule has 1 saturated heterocycles. The Labute approximate surface area is 105 Å². The van der Waals surface area contributed by atoms with Crippen molar-refractivity contribution < 1.29 is 9.59 Å². The number of anilines is 2. The minimum absolute atomic E-state index is 0.0519. The molecule has 18 heavy (non-hydrogen) atoms. The number of nitrogens with two attached hydrogens (primary N) is 1. The fourth-order valence-electron chi connectivity index (χ4n) is 1.75. The lowest BCUT2D eigenvalue weighted by Crippen LogP contribution is -2.51. The SMILES string of the molecule is CN1CCN(C(=O)Nc2cccc(N)c2)CC1=O. The number of benzene rings is 1. The van der Waals surface area contributed by atoms with E-state index in [2.05, 4.69) is 5.32 Å². The molecule has 3 N–H and O–H groups in total. The molecule has 0 radical (unpaired) electrons. The van der Waals surface area contributed by atoms with Crippen molar-refractivity contribution in [2.24, 2.45) is 0 Å². The second-order valence-corrected chi connectivity index (χ2v) is 4.29. The molecular weight excluding hydrogens is 232 g/mol. The van der Waals surface area contributed by atoms with Crippen molar-refractivity contribution in [1.82, 2.24) is 9.80 Å². The van der Waals surface area contributed by atoms with Crippen molar-refractivity contribution in [3.8, 4) is 0 Å². The third kappa shape index (κ3) is 2.71. The molecule has 0 aliphatic carbocycles. The van der Waals surface area contributed by atoms with Gasteiger partial charge >= 0.3 is 6.03 Å². The fraction of sp³-hybridized carbons (Fsp3) is 0.333. The highest BCUT2D eigenvalue weighted by Gasteiger charge is 2.24. The molecule has 3 amide bonds. The number of amides is 3. The molecule has 6 nitrogen and oxygen atoms in total. The maximum absolute atomic E-state index is 11.9. The van der Waals surface area contributed by atoms with Gasteiger partial charge in [0.05, 0.1) is 0 Å². The smallest absolute Gasteiger partial charge is 0.322 e. The maximum atomic E-state index is 11.9. The third-order valence-corrected chi connectivity index (χ3v) is 2.88. The maximum Gasteiger partial charge on any atom is 0.322 e. The summed E-state index contributed by atoms with van der Waals surface area (Å²) in [6.07, 6.45) is 0. The predicted molar refractivity (Wildman–Crippen MR) is 69.1 cm³/mol. The average molecular weight is 248 g/mol. The summed E-state index contributed by atoms with van der Waals surface area (Å²) in [6, 6.07) is 6.67. The first-order valence-electron chi connectivity index (χ1n) is 5.71. The normalized spacial score (nSPS) is 15.7. The molecular formula is C12H16N4O2. The summed E-state index contributed by atoms with van der Waals surface area (Å²) in [4.78, 5) is 26.5. The Morgan fingerprint density at radius 3 is 2.83 bits per heavy atom. The molecule has 96 valence electrons. The number of piperazine rings is 1. The molecule has 0 aromatic heterocycles. The minimum Gasteiger partial charge on any atom is -0.399 e. The second kappa shape index (κ2) is 4.95. The Morgan fingerprint density at radius 1 is 1.39 bits per heavy atom. The largest absolute Gasteiger partial charge is 0.399 e. The Hall–Kier alpha value is -2.24. The van der Waals surface area contributed by atoms with E-state index in [1.807, 2.05) is 0 Å². The van der Waals surface area contributed by atoms with Gasteiger partial charge in [-0.1, -0.05) is 6.07 Å². The van der Waals surface area contributed by atoms with Gasteiger partial charge in [0.1, 0.15) is 6.54 Å². The molecule has 0 atom stereocenters. The molecule has 1 heterocycles. The van der Waals surface area contributed by atoms with Crippen LogP contribution in [0.5, 0.6) is 0 Å². The summed E-state index contributed by atoms with van der Waals surface area (Å²) in [6.45, 7) is 1.21. The molecule has 1 aromatic rings. The van der Waals surface area contributed by atoms with E-state index in [1.54, 1.807) is 36.2 Å². The lowest BCUT2D eigenvalue weighted by Gasteiger charge is -2.31. The van der Waals surface area contributed by atoms with Crippen molar-refractivity contribution in [1.29, 1.82) is 0 Å². The number of urea groups is 1. The van der Waals surface area contributed by atoms with E-state index in [0.717, 1.165) is 0 Å². The van der Waals surface area contributed by atoms with Crippen molar-refractivity contribution in [2.45, 2.75) is 0 Å². The first-order valence-corrected chi connectivity index (χ1v) is 5.71.